The van der Waals surface area contributed by atoms with Gasteiger partial charge in [-0.3, -0.25) is 4.79 Å². The summed E-state index contributed by atoms with van der Waals surface area (Å²) in [5.74, 6) is 0.400. The standard InChI is InChI=1S/C20H26N2O3/c1-4-19(23)22(17-11-6-7-12-18(17)25-5-2)14-16-10-8-9-15(13-21)20(16)24-3/h4,8-10,17-18H,1,5-7,11-12,14H2,2-3H3/t17-,18-/m1/s1. The molecule has 1 saturated carbocycles. The molecule has 25 heavy (non-hydrogen) atoms. The van der Waals surface area contributed by atoms with Crippen molar-refractivity contribution in [3.8, 4) is 11.8 Å². The molecule has 5 heteroatoms. The summed E-state index contributed by atoms with van der Waals surface area (Å²) in [5.41, 5.74) is 1.29. The Morgan fingerprint density at radius 3 is 2.84 bits per heavy atom. The van der Waals surface area contributed by atoms with Crippen molar-refractivity contribution >= 4 is 5.91 Å². The average Bonchev–Trinajstić information content (AvgIpc) is 2.66. The first-order valence-corrected chi connectivity index (χ1v) is 8.76. The zero-order valence-electron chi connectivity index (χ0n) is 15.0. The second-order valence-corrected chi connectivity index (χ2v) is 6.13. The van der Waals surface area contributed by atoms with Crippen LogP contribution >= 0.6 is 0 Å². The molecular formula is C20H26N2O3. The Balaban J connectivity index is 2.34. The Labute approximate surface area is 149 Å². The fourth-order valence-corrected chi connectivity index (χ4v) is 3.54. The SMILES string of the molecule is C=CC(=O)N(Cc1cccc(C#N)c1OC)[C@@H]1CCCC[C@H]1OCC. The van der Waals surface area contributed by atoms with Crippen LogP contribution in [0.4, 0.5) is 0 Å². The van der Waals surface area contributed by atoms with Crippen LogP contribution in [0.5, 0.6) is 5.75 Å². The maximum Gasteiger partial charge on any atom is 0.246 e. The minimum Gasteiger partial charge on any atom is -0.495 e. The third-order valence-electron chi connectivity index (χ3n) is 4.67. The lowest BCUT2D eigenvalue weighted by molar-refractivity contribution is -0.134. The summed E-state index contributed by atoms with van der Waals surface area (Å²) in [5, 5.41) is 9.28. The number of methoxy groups -OCH3 is 1. The average molecular weight is 342 g/mol. The Morgan fingerprint density at radius 1 is 1.44 bits per heavy atom. The predicted octanol–water partition coefficient (Wildman–Crippen LogP) is 3.43. The predicted molar refractivity (Wildman–Crippen MR) is 96.1 cm³/mol. The molecule has 0 radical (unpaired) electrons. The van der Waals surface area contributed by atoms with Crippen molar-refractivity contribution in [2.24, 2.45) is 0 Å². The van der Waals surface area contributed by atoms with Crippen molar-refractivity contribution in [2.75, 3.05) is 13.7 Å². The summed E-state index contributed by atoms with van der Waals surface area (Å²) >= 11 is 0. The molecule has 1 aliphatic carbocycles. The van der Waals surface area contributed by atoms with Gasteiger partial charge >= 0.3 is 0 Å². The fraction of sp³-hybridized carbons (Fsp3) is 0.500. The zero-order chi connectivity index (χ0) is 18.2. The largest absolute Gasteiger partial charge is 0.495 e. The van der Waals surface area contributed by atoms with E-state index in [2.05, 4.69) is 12.6 Å². The summed E-state index contributed by atoms with van der Waals surface area (Å²) in [6.45, 7) is 6.63. The molecule has 0 aliphatic heterocycles. The topological polar surface area (TPSA) is 62.6 Å². The van der Waals surface area contributed by atoms with Gasteiger partial charge in [-0.25, -0.2) is 0 Å². The molecule has 134 valence electrons. The van der Waals surface area contributed by atoms with Crippen molar-refractivity contribution in [3.63, 3.8) is 0 Å². The third-order valence-corrected chi connectivity index (χ3v) is 4.67. The normalized spacial score (nSPS) is 19.7. The number of amides is 1. The van der Waals surface area contributed by atoms with E-state index in [1.807, 2.05) is 24.0 Å². The van der Waals surface area contributed by atoms with Gasteiger partial charge < -0.3 is 14.4 Å². The van der Waals surface area contributed by atoms with Gasteiger partial charge in [0.2, 0.25) is 5.91 Å². The van der Waals surface area contributed by atoms with Gasteiger partial charge in [-0.2, -0.15) is 5.26 Å². The van der Waals surface area contributed by atoms with E-state index in [0.717, 1.165) is 31.2 Å². The van der Waals surface area contributed by atoms with Crippen LogP contribution in [0.2, 0.25) is 0 Å². The smallest absolute Gasteiger partial charge is 0.246 e. The van der Waals surface area contributed by atoms with Gasteiger partial charge in [-0.1, -0.05) is 31.6 Å². The lowest BCUT2D eigenvalue weighted by Gasteiger charge is -2.39. The Morgan fingerprint density at radius 2 is 2.20 bits per heavy atom. The lowest BCUT2D eigenvalue weighted by atomic mass is 9.90. The molecule has 2 atom stereocenters. The van der Waals surface area contributed by atoms with Crippen LogP contribution in [0.1, 0.15) is 43.7 Å². The molecular weight excluding hydrogens is 316 g/mol. The first-order valence-electron chi connectivity index (χ1n) is 8.76. The fourth-order valence-electron chi connectivity index (χ4n) is 3.54. The number of hydrogen-bond donors (Lipinski definition) is 0. The molecule has 0 saturated heterocycles. The van der Waals surface area contributed by atoms with E-state index in [1.165, 1.54) is 6.08 Å². The summed E-state index contributed by atoms with van der Waals surface area (Å²) in [6, 6.07) is 7.57. The Kier molecular flexibility index (Phi) is 7.03. The van der Waals surface area contributed by atoms with E-state index < -0.39 is 0 Å². The number of benzene rings is 1. The molecule has 1 fully saturated rings. The summed E-state index contributed by atoms with van der Waals surface area (Å²) in [7, 11) is 1.54. The molecule has 0 aromatic heterocycles. The van der Waals surface area contributed by atoms with E-state index >= 15 is 0 Å². The summed E-state index contributed by atoms with van der Waals surface area (Å²) in [6.07, 6.45) is 5.43. The highest BCUT2D eigenvalue weighted by Crippen LogP contribution is 2.30. The van der Waals surface area contributed by atoms with Crippen LogP contribution in [-0.4, -0.2) is 36.7 Å². The van der Waals surface area contributed by atoms with Crippen LogP contribution in [-0.2, 0) is 16.1 Å². The van der Waals surface area contributed by atoms with Crippen LogP contribution < -0.4 is 4.74 Å². The number of rotatable bonds is 7. The maximum atomic E-state index is 12.6. The molecule has 1 aliphatic rings. The lowest BCUT2D eigenvalue weighted by Crippen LogP contribution is -2.48. The number of ether oxygens (including phenoxy) is 2. The van der Waals surface area contributed by atoms with Crippen LogP contribution in [0, 0.1) is 11.3 Å². The molecule has 2 rings (SSSR count). The van der Waals surface area contributed by atoms with E-state index in [9.17, 15) is 10.1 Å². The van der Waals surface area contributed by atoms with Crippen LogP contribution in [0.3, 0.4) is 0 Å². The minimum atomic E-state index is -0.124. The molecule has 0 bridgehead atoms. The first kappa shape index (κ1) is 19.0. The highest BCUT2D eigenvalue weighted by atomic mass is 16.5. The van der Waals surface area contributed by atoms with Crippen molar-refractivity contribution < 1.29 is 14.3 Å². The molecule has 0 spiro atoms. The number of nitrogens with zero attached hydrogens (tertiary/aromatic N) is 2. The van der Waals surface area contributed by atoms with E-state index in [-0.39, 0.29) is 18.1 Å². The molecule has 1 aromatic rings. The second-order valence-electron chi connectivity index (χ2n) is 6.13. The first-order chi connectivity index (χ1) is 12.2. The van der Waals surface area contributed by atoms with Gasteiger partial charge in [0.05, 0.1) is 31.4 Å². The molecule has 1 aromatic carbocycles. The highest BCUT2D eigenvalue weighted by Gasteiger charge is 2.33. The van der Waals surface area contributed by atoms with Gasteiger partial charge in [0.15, 0.2) is 0 Å². The van der Waals surface area contributed by atoms with E-state index in [1.54, 1.807) is 13.2 Å². The molecule has 5 nitrogen and oxygen atoms in total. The summed E-state index contributed by atoms with van der Waals surface area (Å²) < 4.78 is 11.3. The van der Waals surface area contributed by atoms with E-state index in [0.29, 0.717) is 24.5 Å². The number of nitriles is 1. The van der Waals surface area contributed by atoms with Gasteiger partial charge in [-0.15, -0.1) is 0 Å². The van der Waals surface area contributed by atoms with Gasteiger partial charge in [-0.05, 0) is 31.9 Å². The zero-order valence-corrected chi connectivity index (χ0v) is 15.0. The van der Waals surface area contributed by atoms with Gasteiger partial charge in [0, 0.05) is 12.2 Å². The van der Waals surface area contributed by atoms with Crippen LogP contribution in [0.25, 0.3) is 0 Å². The maximum absolute atomic E-state index is 12.6. The van der Waals surface area contributed by atoms with Crippen molar-refractivity contribution in [2.45, 2.75) is 51.3 Å². The minimum absolute atomic E-state index is 0.00893. The molecule has 0 unspecified atom stereocenters. The van der Waals surface area contributed by atoms with Gasteiger partial charge in [0.1, 0.15) is 11.8 Å². The number of para-hydroxylation sites is 1. The van der Waals surface area contributed by atoms with Crippen LogP contribution in [0.15, 0.2) is 30.9 Å². The molecule has 1 amide bonds. The second kappa shape index (κ2) is 9.24. The number of hydrogen-bond acceptors (Lipinski definition) is 4. The van der Waals surface area contributed by atoms with Crippen molar-refractivity contribution in [1.29, 1.82) is 5.26 Å². The number of carbonyl (C=O) groups excluding carboxylic acids is 1. The highest BCUT2D eigenvalue weighted by molar-refractivity contribution is 5.87. The van der Waals surface area contributed by atoms with Crippen molar-refractivity contribution in [3.05, 3.63) is 42.0 Å². The Hall–Kier alpha value is -2.32. The van der Waals surface area contributed by atoms with E-state index in [4.69, 9.17) is 9.47 Å². The van der Waals surface area contributed by atoms with Gasteiger partial charge in [0.25, 0.3) is 0 Å². The van der Waals surface area contributed by atoms with Crippen molar-refractivity contribution in [1.82, 2.24) is 4.90 Å². The summed E-state index contributed by atoms with van der Waals surface area (Å²) in [4.78, 5) is 14.4. The quantitative estimate of drug-likeness (QED) is 0.712. The molecule has 0 N–H and O–H groups in total. The number of carbonyl (C=O) groups is 1. The monoisotopic (exact) mass is 342 g/mol. The third kappa shape index (κ3) is 4.40. The Bertz CT molecular complexity index is 649. The molecule has 0 heterocycles.